The van der Waals surface area contributed by atoms with Gasteiger partial charge in [-0.1, -0.05) is 72.8 Å². The number of rotatable bonds is 13. The Balaban J connectivity index is 1.14. The van der Waals surface area contributed by atoms with Gasteiger partial charge < -0.3 is 20.0 Å². The van der Waals surface area contributed by atoms with Crippen LogP contribution in [-0.4, -0.2) is 49.6 Å². The topological polar surface area (TPSA) is 167 Å². The molecule has 1 unspecified atom stereocenters. The molecule has 0 aliphatic heterocycles. The summed E-state index contributed by atoms with van der Waals surface area (Å²) in [5, 5.41) is 2.17. The summed E-state index contributed by atoms with van der Waals surface area (Å²) in [6, 6.07) is 18.1. The molecule has 1 aliphatic rings. The van der Waals surface area contributed by atoms with Gasteiger partial charge in [-0.15, -0.1) is 0 Å². The van der Waals surface area contributed by atoms with Crippen molar-refractivity contribution in [1.82, 2.24) is 30.1 Å². The Labute approximate surface area is 237 Å². The Hall–Kier alpha value is -3.93. The van der Waals surface area contributed by atoms with E-state index < -0.39 is 19.7 Å². The predicted octanol–water partition coefficient (Wildman–Crippen LogP) is 3.13. The maximum Gasteiger partial charge on any atom is 0.432 e. The second kappa shape index (κ2) is 13.2. The van der Waals surface area contributed by atoms with Gasteiger partial charge in [-0.2, -0.15) is 5.48 Å². The zero-order valence-corrected chi connectivity index (χ0v) is 23.1. The largest absolute Gasteiger partial charge is 0.432 e. The molecule has 5 rings (SSSR count). The van der Waals surface area contributed by atoms with Crippen molar-refractivity contribution in [1.29, 1.82) is 0 Å². The van der Waals surface area contributed by atoms with Crippen molar-refractivity contribution in [2.75, 3.05) is 18.9 Å². The van der Waals surface area contributed by atoms with Gasteiger partial charge in [-0.05, 0) is 30.4 Å². The highest BCUT2D eigenvalue weighted by Gasteiger charge is 2.31. The number of nitrogens with two attached hydrogens (primary N) is 1. The van der Waals surface area contributed by atoms with Crippen LogP contribution in [0.1, 0.15) is 23.6 Å². The summed E-state index contributed by atoms with van der Waals surface area (Å²) >= 11 is 0. The third-order valence-corrected chi connectivity index (χ3v) is 7.77. The number of fused-ring (bicyclic) bond motifs is 1. The molecular formula is C28H32N7O5P. The van der Waals surface area contributed by atoms with Crippen molar-refractivity contribution in [3.05, 3.63) is 96.6 Å². The van der Waals surface area contributed by atoms with Crippen LogP contribution in [0.2, 0.25) is 0 Å². The van der Waals surface area contributed by atoms with Crippen LogP contribution in [0.15, 0.2) is 85.5 Å². The van der Waals surface area contributed by atoms with E-state index in [1.54, 1.807) is 6.33 Å². The van der Waals surface area contributed by atoms with Crippen LogP contribution in [0.25, 0.3) is 11.2 Å². The third kappa shape index (κ3) is 7.63. The standard InChI is InChI=1S/C28H32N7O5P/c29-26-25-27(31-18-30-26)35(19-32-25)23-12-11-22(15-23)17-40-41(37,38)34-28(36)24(16-21-9-5-2-6-10-21)33-39-14-13-20-7-3-1-4-8-20/h1-12,18-19,22-24,33H,13-17H2,(H2,29,30,31)(H2,34,36,37,38)/t22-,23+,24-/m0/s1. The maximum atomic E-state index is 13.1. The highest BCUT2D eigenvalue weighted by molar-refractivity contribution is 7.51. The van der Waals surface area contributed by atoms with Gasteiger partial charge >= 0.3 is 7.75 Å². The lowest BCUT2D eigenvalue weighted by molar-refractivity contribution is -0.126. The molecule has 2 aromatic heterocycles. The Morgan fingerprint density at radius 3 is 2.56 bits per heavy atom. The van der Waals surface area contributed by atoms with Crippen molar-refractivity contribution in [3.8, 4) is 0 Å². The SMILES string of the molecule is Nc1ncnc2c1ncn2[C@@H]1C=C[C@H](COP(=O)(O)NC(=O)[C@H](Cc2ccccc2)NOCCc2ccccc2)C1. The first kappa shape index (κ1) is 28.6. The molecular weight excluding hydrogens is 545 g/mol. The molecule has 13 heteroatoms. The smallest absolute Gasteiger partial charge is 0.382 e. The Morgan fingerprint density at radius 1 is 1.07 bits per heavy atom. The average Bonchev–Trinajstić information content (AvgIpc) is 3.62. The molecule has 1 amide bonds. The summed E-state index contributed by atoms with van der Waals surface area (Å²) in [6.45, 7) is 0.255. The second-order valence-electron chi connectivity index (χ2n) is 9.77. The maximum absolute atomic E-state index is 13.1. The number of nitrogens with zero attached hydrogens (tertiary/aromatic N) is 4. The van der Waals surface area contributed by atoms with Gasteiger partial charge in [0.1, 0.15) is 17.9 Å². The van der Waals surface area contributed by atoms with E-state index in [0.717, 1.165) is 11.1 Å². The zero-order valence-electron chi connectivity index (χ0n) is 22.2. The summed E-state index contributed by atoms with van der Waals surface area (Å²) in [5.74, 6) is -0.566. The van der Waals surface area contributed by atoms with Gasteiger partial charge in [0, 0.05) is 5.92 Å². The number of carbonyl (C=O) groups is 1. The molecule has 4 aromatic rings. The van der Waals surface area contributed by atoms with Gasteiger partial charge in [0.2, 0.25) is 5.91 Å². The normalized spacial score (nSPS) is 18.8. The molecule has 214 valence electrons. The van der Waals surface area contributed by atoms with Crippen LogP contribution in [0, 0.1) is 5.92 Å². The summed E-state index contributed by atoms with van der Waals surface area (Å²) in [7, 11) is -4.46. The Kier molecular flexibility index (Phi) is 9.17. The fourth-order valence-corrected chi connectivity index (χ4v) is 5.54. The first-order chi connectivity index (χ1) is 19.9. The van der Waals surface area contributed by atoms with Crippen molar-refractivity contribution in [2.45, 2.75) is 31.3 Å². The molecule has 0 spiro atoms. The third-order valence-electron chi connectivity index (χ3n) is 6.77. The number of benzene rings is 2. The molecule has 41 heavy (non-hydrogen) atoms. The molecule has 4 atom stereocenters. The Morgan fingerprint density at radius 2 is 1.80 bits per heavy atom. The summed E-state index contributed by atoms with van der Waals surface area (Å²) < 4.78 is 20.0. The van der Waals surface area contributed by atoms with E-state index in [0.29, 0.717) is 36.4 Å². The van der Waals surface area contributed by atoms with E-state index in [1.165, 1.54) is 6.33 Å². The number of nitrogens with one attached hydrogen (secondary N) is 2. The molecule has 0 saturated carbocycles. The number of anilines is 1. The Bertz CT molecular complexity index is 1530. The van der Waals surface area contributed by atoms with E-state index in [-0.39, 0.29) is 25.0 Å². The van der Waals surface area contributed by atoms with Crippen LogP contribution in [-0.2, 0) is 31.6 Å². The summed E-state index contributed by atoms with van der Waals surface area (Å²) in [6.07, 6.45) is 8.38. The molecule has 1 aliphatic carbocycles. The van der Waals surface area contributed by atoms with E-state index in [9.17, 15) is 14.3 Å². The molecule has 2 heterocycles. The lowest BCUT2D eigenvalue weighted by atomic mass is 10.1. The molecule has 0 fully saturated rings. The van der Waals surface area contributed by atoms with E-state index in [2.05, 4.69) is 25.5 Å². The quantitative estimate of drug-likeness (QED) is 0.0802. The minimum Gasteiger partial charge on any atom is -0.382 e. The number of carbonyl (C=O) groups excluding carboxylic acids is 1. The number of hydroxylamine groups is 1. The number of allylic oxidation sites excluding steroid dienone is 1. The molecule has 5 N–H and O–H groups in total. The fourth-order valence-electron chi connectivity index (χ4n) is 4.65. The molecule has 0 radical (unpaired) electrons. The van der Waals surface area contributed by atoms with Crippen molar-refractivity contribution < 1.29 is 23.6 Å². The van der Waals surface area contributed by atoms with Gasteiger partial charge in [-0.3, -0.25) is 14.4 Å². The van der Waals surface area contributed by atoms with Crippen LogP contribution in [0.5, 0.6) is 0 Å². The van der Waals surface area contributed by atoms with Crippen molar-refractivity contribution >= 4 is 30.6 Å². The van der Waals surface area contributed by atoms with Crippen LogP contribution in [0.4, 0.5) is 5.82 Å². The number of aromatic nitrogens is 4. The van der Waals surface area contributed by atoms with Gasteiger partial charge in [0.15, 0.2) is 11.5 Å². The van der Waals surface area contributed by atoms with Gasteiger partial charge in [0.25, 0.3) is 0 Å². The molecule has 0 bridgehead atoms. The van der Waals surface area contributed by atoms with Gasteiger partial charge in [0.05, 0.1) is 25.6 Å². The van der Waals surface area contributed by atoms with Crippen molar-refractivity contribution in [2.24, 2.45) is 5.92 Å². The molecule has 0 saturated heterocycles. The van der Waals surface area contributed by atoms with E-state index in [1.807, 2.05) is 77.4 Å². The highest BCUT2D eigenvalue weighted by Crippen LogP contribution is 2.40. The highest BCUT2D eigenvalue weighted by atomic mass is 31.2. The second-order valence-corrected chi connectivity index (χ2v) is 11.3. The van der Waals surface area contributed by atoms with Crippen LogP contribution in [0.3, 0.4) is 0 Å². The molecule has 2 aromatic carbocycles. The first-order valence-corrected chi connectivity index (χ1v) is 14.8. The zero-order chi connectivity index (χ0) is 28.7. The monoisotopic (exact) mass is 577 g/mol. The van der Waals surface area contributed by atoms with E-state index >= 15 is 0 Å². The number of nitrogen functional groups attached to an aromatic ring is 1. The average molecular weight is 578 g/mol. The number of imidazole rings is 1. The van der Waals surface area contributed by atoms with Crippen molar-refractivity contribution in [3.63, 3.8) is 0 Å². The van der Waals surface area contributed by atoms with Crippen LogP contribution < -0.4 is 16.3 Å². The summed E-state index contributed by atoms with van der Waals surface area (Å²) in [5.41, 5.74) is 11.7. The predicted molar refractivity (Wildman–Crippen MR) is 153 cm³/mol. The first-order valence-electron chi connectivity index (χ1n) is 13.2. The lowest BCUT2D eigenvalue weighted by Gasteiger charge is -2.21. The number of hydrogen-bond acceptors (Lipinski definition) is 9. The number of amides is 1. The lowest BCUT2D eigenvalue weighted by Crippen LogP contribution is -2.45. The molecule has 12 nitrogen and oxygen atoms in total. The van der Waals surface area contributed by atoms with E-state index in [4.69, 9.17) is 15.1 Å². The number of hydrogen-bond donors (Lipinski definition) is 4. The van der Waals surface area contributed by atoms with Crippen LogP contribution >= 0.6 is 7.75 Å². The van der Waals surface area contributed by atoms with Gasteiger partial charge in [-0.25, -0.2) is 19.5 Å². The minimum atomic E-state index is -4.46. The minimum absolute atomic E-state index is 0.0604. The fraction of sp³-hybridized carbons (Fsp3) is 0.286. The summed E-state index contributed by atoms with van der Waals surface area (Å²) in [4.78, 5) is 41.6.